The molecule has 1 N–H and O–H groups in total. The maximum absolute atomic E-state index is 13.2. The largest absolute Gasteiger partial charge is 0.497 e. The Balaban J connectivity index is 1.31. The quantitative estimate of drug-likeness (QED) is 0.629. The molecule has 2 heterocycles. The van der Waals surface area contributed by atoms with E-state index in [2.05, 4.69) is 15.5 Å². The van der Waals surface area contributed by atoms with Crippen molar-refractivity contribution >= 4 is 29.2 Å². The number of imide groups is 1. The minimum Gasteiger partial charge on any atom is -0.497 e. The number of amides is 3. The Labute approximate surface area is 189 Å². The number of anilines is 1. The third kappa shape index (κ3) is 3.71. The van der Waals surface area contributed by atoms with Gasteiger partial charge in [0.25, 0.3) is 0 Å². The first-order valence-corrected chi connectivity index (χ1v) is 10.8. The van der Waals surface area contributed by atoms with Crippen molar-refractivity contribution in [1.82, 2.24) is 15.5 Å². The summed E-state index contributed by atoms with van der Waals surface area (Å²) < 4.78 is 10.7. The summed E-state index contributed by atoms with van der Waals surface area (Å²) in [5.74, 6) is 1.14. The second-order valence-electron chi connectivity index (χ2n) is 8.01. The second-order valence-corrected chi connectivity index (χ2v) is 8.45. The molecule has 1 saturated heterocycles. The fourth-order valence-electron chi connectivity index (χ4n) is 4.46. The molecule has 3 atom stereocenters. The number of urea groups is 1. The van der Waals surface area contributed by atoms with Gasteiger partial charge in [0.1, 0.15) is 5.75 Å². The lowest BCUT2D eigenvalue weighted by molar-refractivity contribution is -0.124. The predicted molar refractivity (Wildman–Crippen MR) is 118 cm³/mol. The topological polar surface area (TPSA) is 97.6 Å². The van der Waals surface area contributed by atoms with Gasteiger partial charge in [-0.05, 0) is 55.7 Å². The summed E-state index contributed by atoms with van der Waals surface area (Å²) in [6, 6.07) is 13.4. The summed E-state index contributed by atoms with van der Waals surface area (Å²) in [6.45, 7) is 0. The summed E-state index contributed by atoms with van der Waals surface area (Å²) >= 11 is 6.06. The van der Waals surface area contributed by atoms with Gasteiger partial charge in [-0.3, -0.25) is 4.79 Å². The average molecular weight is 453 g/mol. The molecule has 5 rings (SSSR count). The normalized spacial score (nSPS) is 22.9. The molecule has 0 radical (unpaired) electrons. The van der Waals surface area contributed by atoms with E-state index < -0.39 is 6.03 Å². The zero-order valence-electron chi connectivity index (χ0n) is 17.3. The maximum Gasteiger partial charge on any atom is 0.328 e. The van der Waals surface area contributed by atoms with Crippen molar-refractivity contribution in [3.05, 3.63) is 59.4 Å². The van der Waals surface area contributed by atoms with Crippen molar-refractivity contribution in [1.29, 1.82) is 0 Å². The molecule has 164 valence electrons. The van der Waals surface area contributed by atoms with E-state index >= 15 is 0 Å². The highest BCUT2D eigenvalue weighted by atomic mass is 35.5. The van der Waals surface area contributed by atoms with Crippen LogP contribution >= 0.6 is 11.6 Å². The highest BCUT2D eigenvalue weighted by molar-refractivity contribution is 6.30. The lowest BCUT2D eigenvalue weighted by Gasteiger charge is -2.41. The Hall–Kier alpha value is -3.39. The summed E-state index contributed by atoms with van der Waals surface area (Å²) in [7, 11) is 1.57. The molecule has 1 saturated carbocycles. The fraction of sp³-hybridized carbons (Fsp3) is 0.304. The number of carbonyl (C=O) groups is 2. The van der Waals surface area contributed by atoms with Crippen molar-refractivity contribution in [2.24, 2.45) is 5.92 Å². The SMILES string of the molecule is COc1ccc(N2C(=O)NC3CC(c4nc(-c5cccc(Cl)c5)no4)CCC3C2=O)cc1. The van der Waals surface area contributed by atoms with Crippen LogP contribution in [0, 0.1) is 5.92 Å². The van der Waals surface area contributed by atoms with Crippen LogP contribution in [0.25, 0.3) is 11.4 Å². The Morgan fingerprint density at radius 1 is 1.16 bits per heavy atom. The lowest BCUT2D eigenvalue weighted by Crippen LogP contribution is -2.61. The van der Waals surface area contributed by atoms with Gasteiger partial charge in [-0.2, -0.15) is 4.98 Å². The van der Waals surface area contributed by atoms with E-state index in [1.807, 2.05) is 12.1 Å². The number of nitrogens with one attached hydrogen (secondary N) is 1. The minimum absolute atomic E-state index is 0.0303. The van der Waals surface area contributed by atoms with Gasteiger partial charge in [0.2, 0.25) is 17.6 Å². The number of rotatable bonds is 4. The Morgan fingerprint density at radius 3 is 2.72 bits per heavy atom. The number of fused-ring (bicyclic) bond motifs is 1. The minimum atomic E-state index is -0.424. The third-order valence-corrected chi connectivity index (χ3v) is 6.34. The molecule has 0 spiro atoms. The average Bonchev–Trinajstić information content (AvgIpc) is 3.30. The second kappa shape index (κ2) is 8.27. The number of aromatic nitrogens is 2. The molecule has 0 bridgehead atoms. The van der Waals surface area contributed by atoms with Crippen molar-refractivity contribution in [3.63, 3.8) is 0 Å². The van der Waals surface area contributed by atoms with Crippen molar-refractivity contribution in [2.45, 2.75) is 31.2 Å². The van der Waals surface area contributed by atoms with E-state index in [4.69, 9.17) is 20.9 Å². The number of hydrogen-bond donors (Lipinski definition) is 1. The van der Waals surface area contributed by atoms with Crippen molar-refractivity contribution in [3.8, 4) is 17.1 Å². The number of benzene rings is 2. The van der Waals surface area contributed by atoms with Gasteiger partial charge in [-0.1, -0.05) is 28.9 Å². The molecule has 32 heavy (non-hydrogen) atoms. The molecule has 8 nitrogen and oxygen atoms in total. The van der Waals surface area contributed by atoms with Crippen molar-refractivity contribution < 1.29 is 18.8 Å². The summed E-state index contributed by atoms with van der Waals surface area (Å²) in [4.78, 5) is 31.7. The van der Waals surface area contributed by atoms with Crippen LogP contribution in [0.3, 0.4) is 0 Å². The van der Waals surface area contributed by atoms with E-state index in [0.717, 1.165) is 12.0 Å². The summed E-state index contributed by atoms with van der Waals surface area (Å²) in [5.41, 5.74) is 1.30. The van der Waals surface area contributed by atoms with Gasteiger partial charge in [-0.25, -0.2) is 9.69 Å². The van der Waals surface area contributed by atoms with E-state index in [9.17, 15) is 9.59 Å². The molecule has 1 aromatic heterocycles. The molecule has 3 unspecified atom stereocenters. The molecule has 2 aliphatic rings. The maximum atomic E-state index is 13.2. The molecule has 3 amide bonds. The number of methoxy groups -OCH3 is 1. The van der Waals surface area contributed by atoms with Crippen LogP contribution in [0.2, 0.25) is 5.02 Å². The van der Waals surface area contributed by atoms with Gasteiger partial charge in [0.15, 0.2) is 0 Å². The van der Waals surface area contributed by atoms with Gasteiger partial charge in [0.05, 0.1) is 18.7 Å². The number of halogens is 1. The zero-order chi connectivity index (χ0) is 22.2. The van der Waals surface area contributed by atoms with Gasteiger partial charge in [0, 0.05) is 22.5 Å². The summed E-state index contributed by atoms with van der Waals surface area (Å²) in [6.07, 6.45) is 1.90. The standard InChI is InChI=1S/C23H21ClN4O4/c1-31-17-8-6-16(7-9-17)28-22(29)18-10-5-14(12-19(18)25-23(28)30)21-26-20(27-32-21)13-3-2-4-15(24)11-13/h2-4,6-9,11,14,18-19H,5,10,12H2,1H3,(H,25,30). The predicted octanol–water partition coefficient (Wildman–Crippen LogP) is 4.41. The number of carbonyl (C=O) groups excluding carboxylic acids is 2. The highest BCUT2D eigenvalue weighted by Gasteiger charge is 2.45. The van der Waals surface area contributed by atoms with Crippen LogP contribution < -0.4 is 15.0 Å². The molecule has 3 aromatic rings. The molecule has 2 fully saturated rings. The molecule has 1 aliphatic heterocycles. The van der Waals surface area contributed by atoms with Crippen LogP contribution in [0.15, 0.2) is 53.1 Å². The number of ether oxygens (including phenoxy) is 1. The molecular weight excluding hydrogens is 432 g/mol. The number of nitrogens with zero attached hydrogens (tertiary/aromatic N) is 3. The molecule has 2 aromatic carbocycles. The first-order chi connectivity index (χ1) is 15.5. The zero-order valence-corrected chi connectivity index (χ0v) is 18.1. The molecule has 1 aliphatic carbocycles. The van der Waals surface area contributed by atoms with E-state index in [1.165, 1.54) is 4.90 Å². The highest BCUT2D eigenvalue weighted by Crippen LogP contribution is 2.39. The monoisotopic (exact) mass is 452 g/mol. The third-order valence-electron chi connectivity index (χ3n) is 6.10. The molecule has 9 heteroatoms. The van der Waals surface area contributed by atoms with Crippen LogP contribution in [0.1, 0.15) is 31.1 Å². The summed E-state index contributed by atoms with van der Waals surface area (Å²) in [5, 5.41) is 7.68. The first kappa shape index (κ1) is 20.5. The Morgan fingerprint density at radius 2 is 1.97 bits per heavy atom. The Bertz CT molecular complexity index is 1160. The van der Waals surface area contributed by atoms with Crippen molar-refractivity contribution in [2.75, 3.05) is 12.0 Å². The fourth-order valence-corrected chi connectivity index (χ4v) is 4.65. The smallest absolute Gasteiger partial charge is 0.328 e. The van der Waals surface area contributed by atoms with E-state index in [1.54, 1.807) is 43.5 Å². The van der Waals surface area contributed by atoms with Gasteiger partial charge in [-0.15, -0.1) is 0 Å². The van der Waals surface area contributed by atoms with Crippen LogP contribution in [-0.4, -0.2) is 35.2 Å². The van der Waals surface area contributed by atoms with E-state index in [-0.39, 0.29) is 23.8 Å². The van der Waals surface area contributed by atoms with E-state index in [0.29, 0.717) is 41.0 Å². The van der Waals surface area contributed by atoms with Crippen LogP contribution in [-0.2, 0) is 4.79 Å². The molecular formula is C23H21ClN4O4. The number of hydrogen-bond acceptors (Lipinski definition) is 6. The van der Waals surface area contributed by atoms with Crippen LogP contribution in [0.5, 0.6) is 5.75 Å². The van der Waals surface area contributed by atoms with Gasteiger partial charge < -0.3 is 14.6 Å². The lowest BCUT2D eigenvalue weighted by atomic mass is 9.76. The Kier molecular flexibility index (Phi) is 5.30. The van der Waals surface area contributed by atoms with Gasteiger partial charge >= 0.3 is 6.03 Å². The first-order valence-electron chi connectivity index (χ1n) is 10.4. The van der Waals surface area contributed by atoms with Crippen LogP contribution in [0.4, 0.5) is 10.5 Å².